The summed E-state index contributed by atoms with van der Waals surface area (Å²) in [6, 6.07) is 0. The molecule has 4 heteroatoms. The molecule has 0 aliphatic carbocycles. The van der Waals surface area contributed by atoms with E-state index in [-0.39, 0.29) is 0 Å². The summed E-state index contributed by atoms with van der Waals surface area (Å²) in [7, 11) is 0. The zero-order valence-corrected chi connectivity index (χ0v) is 12.4. The van der Waals surface area contributed by atoms with Crippen LogP contribution in [0.2, 0.25) is 0 Å². The molecule has 2 fully saturated rings. The Morgan fingerprint density at radius 3 is 2.58 bits per heavy atom. The first-order chi connectivity index (χ1) is 9.38. The molecule has 2 rings (SSSR count). The molecule has 0 aromatic carbocycles. The molecule has 1 atom stereocenters. The van der Waals surface area contributed by atoms with E-state index < -0.39 is 0 Å². The highest BCUT2D eigenvalue weighted by Gasteiger charge is 2.20. The van der Waals surface area contributed by atoms with Crippen LogP contribution in [0.3, 0.4) is 0 Å². The van der Waals surface area contributed by atoms with Crippen molar-refractivity contribution in [1.29, 1.82) is 0 Å². The third kappa shape index (κ3) is 5.78. The van der Waals surface area contributed by atoms with Gasteiger partial charge in [-0.1, -0.05) is 0 Å². The quantitative estimate of drug-likeness (QED) is 0.738. The first-order valence-corrected chi connectivity index (χ1v) is 8.15. The van der Waals surface area contributed by atoms with Gasteiger partial charge in [-0.05, 0) is 64.7 Å². The summed E-state index contributed by atoms with van der Waals surface area (Å²) < 4.78 is 5.86. The van der Waals surface area contributed by atoms with Gasteiger partial charge in [0, 0.05) is 26.2 Å². The van der Waals surface area contributed by atoms with E-state index in [9.17, 15) is 0 Å². The second kappa shape index (κ2) is 8.90. The Morgan fingerprint density at radius 2 is 1.79 bits per heavy atom. The van der Waals surface area contributed by atoms with E-state index in [1.807, 2.05) is 0 Å². The van der Waals surface area contributed by atoms with E-state index in [0.717, 1.165) is 26.1 Å². The minimum atomic E-state index is 0.498. The molecule has 0 aromatic heterocycles. The molecule has 19 heavy (non-hydrogen) atoms. The van der Waals surface area contributed by atoms with Crippen LogP contribution in [-0.4, -0.2) is 68.3 Å². The first-order valence-electron chi connectivity index (χ1n) is 8.15. The summed E-state index contributed by atoms with van der Waals surface area (Å²) in [6.07, 6.45) is 8.08. The fourth-order valence-electron chi connectivity index (χ4n) is 3.15. The number of hydrogen-bond acceptors (Lipinski definition) is 4. The topological polar surface area (TPSA) is 41.7 Å². The van der Waals surface area contributed by atoms with Gasteiger partial charge < -0.3 is 15.4 Å². The van der Waals surface area contributed by atoms with Gasteiger partial charge in [-0.15, -0.1) is 0 Å². The van der Waals surface area contributed by atoms with E-state index >= 15 is 0 Å². The summed E-state index contributed by atoms with van der Waals surface area (Å²) in [5.74, 6) is 0. The molecule has 2 saturated heterocycles. The maximum atomic E-state index is 5.86. The van der Waals surface area contributed by atoms with Gasteiger partial charge in [0.1, 0.15) is 0 Å². The van der Waals surface area contributed by atoms with Crippen LogP contribution in [0, 0.1) is 0 Å². The molecule has 0 radical (unpaired) electrons. The molecule has 4 nitrogen and oxygen atoms in total. The Kier molecular flexibility index (Phi) is 7.14. The Labute approximate surface area is 118 Å². The lowest BCUT2D eigenvalue weighted by molar-refractivity contribution is -0.00498. The van der Waals surface area contributed by atoms with Crippen LogP contribution in [-0.2, 0) is 4.74 Å². The molecule has 0 spiro atoms. The van der Waals surface area contributed by atoms with Crippen LogP contribution in [0.25, 0.3) is 0 Å². The first kappa shape index (κ1) is 15.2. The number of nitrogens with zero attached hydrogens (tertiary/aromatic N) is 2. The predicted molar refractivity (Wildman–Crippen MR) is 79.4 cm³/mol. The third-order valence-electron chi connectivity index (χ3n) is 4.35. The van der Waals surface area contributed by atoms with Crippen molar-refractivity contribution >= 4 is 0 Å². The molecule has 2 aliphatic heterocycles. The van der Waals surface area contributed by atoms with E-state index in [1.54, 1.807) is 0 Å². The number of hydrogen-bond donors (Lipinski definition) is 1. The van der Waals surface area contributed by atoms with E-state index in [2.05, 4.69) is 9.80 Å². The van der Waals surface area contributed by atoms with Gasteiger partial charge >= 0.3 is 0 Å². The predicted octanol–water partition coefficient (Wildman–Crippen LogP) is 1.30. The summed E-state index contributed by atoms with van der Waals surface area (Å²) in [5, 5.41) is 0. The maximum absolute atomic E-state index is 5.86. The summed E-state index contributed by atoms with van der Waals surface area (Å²) in [6.45, 7) is 9.12. The molecule has 0 amide bonds. The van der Waals surface area contributed by atoms with Crippen LogP contribution >= 0.6 is 0 Å². The zero-order chi connectivity index (χ0) is 13.3. The average molecular weight is 269 g/mol. The average Bonchev–Trinajstić information content (AvgIpc) is 2.66. The van der Waals surface area contributed by atoms with Crippen molar-refractivity contribution < 1.29 is 4.74 Å². The van der Waals surface area contributed by atoms with Crippen LogP contribution in [0.4, 0.5) is 0 Å². The molecule has 1 unspecified atom stereocenters. The minimum absolute atomic E-state index is 0.498. The summed E-state index contributed by atoms with van der Waals surface area (Å²) >= 11 is 0. The lowest BCUT2D eigenvalue weighted by atomic mass is 10.1. The maximum Gasteiger partial charge on any atom is 0.0702 e. The van der Waals surface area contributed by atoms with E-state index in [0.29, 0.717) is 6.10 Å². The van der Waals surface area contributed by atoms with Gasteiger partial charge in [0.15, 0.2) is 0 Å². The van der Waals surface area contributed by atoms with Crippen molar-refractivity contribution in [3.05, 3.63) is 0 Å². The van der Waals surface area contributed by atoms with Crippen LogP contribution in [0.5, 0.6) is 0 Å². The SMILES string of the molecule is NCCCCN1CCCN(CC2CCCCO2)CC1. The van der Waals surface area contributed by atoms with Crippen LogP contribution in [0.1, 0.15) is 38.5 Å². The lowest BCUT2D eigenvalue weighted by Gasteiger charge is -2.29. The Balaban J connectivity index is 1.64. The monoisotopic (exact) mass is 269 g/mol. The Morgan fingerprint density at radius 1 is 0.947 bits per heavy atom. The normalized spacial score (nSPS) is 27.3. The largest absolute Gasteiger partial charge is 0.377 e. The molecule has 0 saturated carbocycles. The molecule has 0 aromatic rings. The van der Waals surface area contributed by atoms with E-state index in [1.165, 1.54) is 64.8 Å². The van der Waals surface area contributed by atoms with Crippen molar-refractivity contribution in [3.63, 3.8) is 0 Å². The van der Waals surface area contributed by atoms with Gasteiger partial charge in [0.25, 0.3) is 0 Å². The van der Waals surface area contributed by atoms with Crippen LogP contribution in [0.15, 0.2) is 0 Å². The van der Waals surface area contributed by atoms with Gasteiger partial charge in [-0.3, -0.25) is 4.90 Å². The molecule has 2 aliphatic rings. The number of unbranched alkanes of at least 4 members (excludes halogenated alkanes) is 1. The zero-order valence-electron chi connectivity index (χ0n) is 12.4. The fraction of sp³-hybridized carbons (Fsp3) is 1.00. The van der Waals surface area contributed by atoms with Crippen molar-refractivity contribution in [2.75, 3.05) is 52.4 Å². The number of rotatable bonds is 6. The molecular formula is C15H31N3O. The molecule has 2 N–H and O–H groups in total. The standard InChI is InChI=1S/C15H31N3O/c16-7-2-3-8-17-9-5-10-18(12-11-17)14-15-6-1-4-13-19-15/h15H,1-14,16H2. The summed E-state index contributed by atoms with van der Waals surface area (Å²) in [5.41, 5.74) is 5.56. The highest BCUT2D eigenvalue weighted by Crippen LogP contribution is 2.15. The van der Waals surface area contributed by atoms with Gasteiger partial charge in [-0.2, -0.15) is 0 Å². The van der Waals surface area contributed by atoms with Gasteiger partial charge in [-0.25, -0.2) is 0 Å². The second-order valence-corrected chi connectivity index (χ2v) is 5.98. The van der Waals surface area contributed by atoms with Crippen molar-refractivity contribution in [3.8, 4) is 0 Å². The van der Waals surface area contributed by atoms with E-state index in [4.69, 9.17) is 10.5 Å². The number of nitrogens with two attached hydrogens (primary N) is 1. The summed E-state index contributed by atoms with van der Waals surface area (Å²) in [4.78, 5) is 5.22. The highest BCUT2D eigenvalue weighted by atomic mass is 16.5. The smallest absolute Gasteiger partial charge is 0.0702 e. The minimum Gasteiger partial charge on any atom is -0.377 e. The second-order valence-electron chi connectivity index (χ2n) is 5.98. The molecule has 112 valence electrons. The molecule has 0 bridgehead atoms. The molecule has 2 heterocycles. The highest BCUT2D eigenvalue weighted by molar-refractivity contribution is 4.74. The Bertz CT molecular complexity index is 231. The van der Waals surface area contributed by atoms with Gasteiger partial charge in [0.2, 0.25) is 0 Å². The molecular weight excluding hydrogens is 238 g/mol. The van der Waals surface area contributed by atoms with Crippen molar-refractivity contribution in [1.82, 2.24) is 9.80 Å². The number of ether oxygens (including phenoxy) is 1. The van der Waals surface area contributed by atoms with Gasteiger partial charge in [0.05, 0.1) is 6.10 Å². The van der Waals surface area contributed by atoms with Crippen molar-refractivity contribution in [2.45, 2.75) is 44.6 Å². The van der Waals surface area contributed by atoms with Crippen LogP contribution < -0.4 is 5.73 Å². The fourth-order valence-corrected chi connectivity index (χ4v) is 3.15. The third-order valence-corrected chi connectivity index (χ3v) is 4.35. The van der Waals surface area contributed by atoms with Crippen molar-refractivity contribution in [2.24, 2.45) is 5.73 Å². The Hall–Kier alpha value is -0.160. The lowest BCUT2D eigenvalue weighted by Crippen LogP contribution is -2.38.